The van der Waals surface area contributed by atoms with Crippen LogP contribution >= 0.6 is 35.0 Å². The summed E-state index contributed by atoms with van der Waals surface area (Å²) in [6.07, 6.45) is 2.04. The highest BCUT2D eigenvalue weighted by atomic mass is 35.5. The van der Waals surface area contributed by atoms with Crippen molar-refractivity contribution in [3.8, 4) is 0 Å². The molecule has 0 bridgehead atoms. The number of hydrogen-bond acceptors (Lipinski definition) is 3. The number of carboxylic acids is 1. The summed E-state index contributed by atoms with van der Waals surface area (Å²) in [6.45, 7) is 1.84. The van der Waals surface area contributed by atoms with Gasteiger partial charge >= 0.3 is 5.97 Å². The smallest absolute Gasteiger partial charge is 0.341 e. The van der Waals surface area contributed by atoms with Crippen molar-refractivity contribution >= 4 is 51.7 Å². The van der Waals surface area contributed by atoms with Crippen molar-refractivity contribution < 1.29 is 14.7 Å². The molecule has 7 heteroatoms. The largest absolute Gasteiger partial charge is 0.479 e. The van der Waals surface area contributed by atoms with E-state index in [1.807, 2.05) is 73.7 Å². The van der Waals surface area contributed by atoms with Gasteiger partial charge in [-0.05, 0) is 36.2 Å². The lowest BCUT2D eigenvalue weighted by molar-refractivity contribution is -0.145. The van der Waals surface area contributed by atoms with E-state index in [0.29, 0.717) is 5.02 Å². The number of carbonyl (C=O) groups is 2. The molecule has 1 N–H and O–H groups in total. The maximum absolute atomic E-state index is 13.9. The minimum absolute atomic E-state index is 0.158. The van der Waals surface area contributed by atoms with E-state index < -0.39 is 22.8 Å². The van der Waals surface area contributed by atoms with Gasteiger partial charge in [-0.25, -0.2) is 4.79 Å². The van der Waals surface area contributed by atoms with Crippen LogP contribution < -0.4 is 0 Å². The number of amides is 1. The Morgan fingerprint density at radius 1 is 1.00 bits per heavy atom. The minimum atomic E-state index is -1.54. The summed E-state index contributed by atoms with van der Waals surface area (Å²) in [5.74, 6) is -1.55. The van der Waals surface area contributed by atoms with E-state index in [1.165, 1.54) is 22.7 Å². The second kappa shape index (κ2) is 9.64. The van der Waals surface area contributed by atoms with Crippen LogP contribution in [0.3, 0.4) is 0 Å². The average Bonchev–Trinajstić information content (AvgIpc) is 3.27. The molecule has 0 aliphatic carbocycles. The fourth-order valence-electron chi connectivity index (χ4n) is 3.98. The minimum Gasteiger partial charge on any atom is -0.479 e. The Kier molecular flexibility index (Phi) is 6.84. The van der Waals surface area contributed by atoms with Crippen LogP contribution in [0.5, 0.6) is 0 Å². The van der Waals surface area contributed by atoms with Gasteiger partial charge in [0.25, 0.3) is 5.91 Å². The Morgan fingerprint density at radius 3 is 2.24 bits per heavy atom. The Morgan fingerprint density at radius 2 is 1.64 bits per heavy atom. The fraction of sp³-hybridized carbons (Fsp3) is 0.154. The highest BCUT2D eigenvalue weighted by Gasteiger charge is 2.52. The van der Waals surface area contributed by atoms with Crippen LogP contribution in [0.4, 0.5) is 0 Å². The van der Waals surface area contributed by atoms with Crippen molar-refractivity contribution in [3.63, 3.8) is 0 Å². The molecule has 0 spiro atoms. The quantitative estimate of drug-likeness (QED) is 0.392. The Labute approximate surface area is 206 Å². The maximum Gasteiger partial charge on any atom is 0.341 e. The molecule has 1 aliphatic rings. The summed E-state index contributed by atoms with van der Waals surface area (Å²) < 4.78 is 0. The predicted molar refractivity (Wildman–Crippen MR) is 134 cm³/mol. The first kappa shape index (κ1) is 23.4. The molecule has 3 aromatic carbocycles. The zero-order valence-electron chi connectivity index (χ0n) is 17.7. The van der Waals surface area contributed by atoms with Gasteiger partial charge in [-0.1, -0.05) is 102 Å². The summed E-state index contributed by atoms with van der Waals surface area (Å²) in [6, 6.07) is 23.0. The molecule has 168 valence electrons. The third kappa shape index (κ3) is 4.54. The number of hydrogen-bond donors (Lipinski definition) is 1. The third-order valence-electron chi connectivity index (χ3n) is 5.67. The Hall–Kier alpha value is -2.73. The molecular weight excluding hydrogens is 477 g/mol. The standard InChI is InChI=1S/C26H21Cl2NO3S/c1-17(18-8-4-2-5-9-18)29(24(30)21-13-12-20(27)16-22(21)28)26(25(31)32)15-14-23(33-26)19-10-6-3-7-11-19/h2-14,16-17H,15H2,1H3,(H,31,32). The molecule has 2 unspecified atom stereocenters. The predicted octanol–water partition coefficient (Wildman–Crippen LogP) is 7.16. The van der Waals surface area contributed by atoms with Gasteiger partial charge in [0.05, 0.1) is 16.6 Å². The second-order valence-electron chi connectivity index (χ2n) is 7.72. The van der Waals surface area contributed by atoms with Gasteiger partial charge in [-0.3, -0.25) is 4.79 Å². The monoisotopic (exact) mass is 497 g/mol. The number of aliphatic carboxylic acids is 1. The van der Waals surface area contributed by atoms with E-state index in [-0.39, 0.29) is 17.0 Å². The van der Waals surface area contributed by atoms with Crippen molar-refractivity contribution in [2.24, 2.45) is 0 Å². The third-order valence-corrected chi connectivity index (χ3v) is 7.72. The van der Waals surface area contributed by atoms with Gasteiger partial charge < -0.3 is 10.0 Å². The number of thioether (sulfide) groups is 1. The van der Waals surface area contributed by atoms with Gasteiger partial charge in [0.1, 0.15) is 0 Å². The molecule has 1 amide bonds. The van der Waals surface area contributed by atoms with Crippen LogP contribution in [0.25, 0.3) is 4.91 Å². The van der Waals surface area contributed by atoms with Crippen molar-refractivity contribution in [2.75, 3.05) is 0 Å². The molecule has 33 heavy (non-hydrogen) atoms. The van der Waals surface area contributed by atoms with Gasteiger partial charge in [0.2, 0.25) is 0 Å². The normalized spacial score (nSPS) is 18.5. The maximum atomic E-state index is 13.9. The lowest BCUT2D eigenvalue weighted by Gasteiger charge is -2.41. The summed E-state index contributed by atoms with van der Waals surface area (Å²) in [7, 11) is 0. The number of carbonyl (C=O) groups excluding carboxylic acids is 1. The number of nitrogens with zero attached hydrogens (tertiary/aromatic N) is 1. The van der Waals surface area contributed by atoms with Crippen molar-refractivity contribution in [2.45, 2.75) is 24.3 Å². The number of halogens is 2. The lowest BCUT2D eigenvalue weighted by atomic mass is 10.0. The molecule has 2 atom stereocenters. The zero-order valence-corrected chi connectivity index (χ0v) is 20.1. The van der Waals surface area contributed by atoms with Crippen LogP contribution in [0.15, 0.2) is 84.9 Å². The molecule has 4 rings (SSSR count). The summed E-state index contributed by atoms with van der Waals surface area (Å²) in [5.41, 5.74) is 1.94. The number of carboxylic acid groups (broad SMARTS) is 1. The van der Waals surface area contributed by atoms with Crippen LogP contribution in [-0.2, 0) is 4.79 Å². The van der Waals surface area contributed by atoms with E-state index in [1.54, 1.807) is 12.1 Å². The van der Waals surface area contributed by atoms with Crippen molar-refractivity contribution in [3.05, 3.63) is 112 Å². The molecule has 0 saturated heterocycles. The van der Waals surface area contributed by atoms with Crippen LogP contribution in [-0.4, -0.2) is 26.8 Å². The van der Waals surface area contributed by atoms with Crippen LogP contribution in [0.2, 0.25) is 10.0 Å². The first-order valence-electron chi connectivity index (χ1n) is 10.3. The van der Waals surface area contributed by atoms with E-state index in [2.05, 4.69) is 0 Å². The molecule has 3 aromatic rings. The molecule has 4 nitrogen and oxygen atoms in total. The van der Waals surface area contributed by atoms with E-state index in [0.717, 1.165) is 16.0 Å². The SMILES string of the molecule is CC(c1ccccc1)N(C(=O)c1ccc(Cl)cc1Cl)C1(C(=O)O)CC=C(c2ccccc2)S1. The van der Waals surface area contributed by atoms with E-state index >= 15 is 0 Å². The van der Waals surface area contributed by atoms with Gasteiger partial charge in [-0.2, -0.15) is 0 Å². The Balaban J connectivity index is 1.82. The van der Waals surface area contributed by atoms with Crippen molar-refractivity contribution in [1.82, 2.24) is 4.90 Å². The van der Waals surface area contributed by atoms with Crippen LogP contribution in [0, 0.1) is 0 Å². The average molecular weight is 498 g/mol. The first-order chi connectivity index (χ1) is 15.8. The van der Waals surface area contributed by atoms with Gasteiger partial charge in [-0.15, -0.1) is 0 Å². The fourth-order valence-corrected chi connectivity index (χ4v) is 5.85. The second-order valence-corrected chi connectivity index (χ2v) is 9.88. The Bertz CT molecular complexity index is 1220. The molecule has 0 fully saturated rings. The van der Waals surface area contributed by atoms with Crippen molar-refractivity contribution in [1.29, 1.82) is 0 Å². The zero-order chi connectivity index (χ0) is 23.6. The molecule has 1 heterocycles. The summed E-state index contributed by atoms with van der Waals surface area (Å²) >= 11 is 13.6. The number of rotatable bonds is 6. The highest BCUT2D eigenvalue weighted by molar-refractivity contribution is 8.10. The van der Waals surface area contributed by atoms with Gasteiger partial charge in [0.15, 0.2) is 4.87 Å². The molecular formula is C26H21Cl2NO3S. The first-order valence-corrected chi connectivity index (χ1v) is 11.9. The number of benzene rings is 3. The van der Waals surface area contributed by atoms with Crippen LogP contribution in [0.1, 0.15) is 40.9 Å². The van der Waals surface area contributed by atoms with E-state index in [9.17, 15) is 14.7 Å². The lowest BCUT2D eigenvalue weighted by Crippen LogP contribution is -2.54. The topological polar surface area (TPSA) is 57.6 Å². The molecule has 0 saturated carbocycles. The highest BCUT2D eigenvalue weighted by Crippen LogP contribution is 2.52. The van der Waals surface area contributed by atoms with E-state index in [4.69, 9.17) is 23.2 Å². The molecule has 0 aromatic heterocycles. The molecule has 0 radical (unpaired) electrons. The van der Waals surface area contributed by atoms with Gasteiger partial charge in [0, 0.05) is 16.3 Å². The summed E-state index contributed by atoms with van der Waals surface area (Å²) in [4.78, 5) is 27.5. The molecule has 1 aliphatic heterocycles. The summed E-state index contributed by atoms with van der Waals surface area (Å²) in [5, 5.41) is 11.1.